The number of aryl methyl sites for hydroxylation is 1. The summed E-state index contributed by atoms with van der Waals surface area (Å²) in [5, 5.41) is 3.66. The quantitative estimate of drug-likeness (QED) is 0.779. The van der Waals surface area contributed by atoms with Gasteiger partial charge in [-0.15, -0.1) is 0 Å². The molecule has 2 atom stereocenters. The molecule has 0 aromatic heterocycles. The van der Waals surface area contributed by atoms with E-state index in [1.807, 2.05) is 0 Å². The molecule has 2 nitrogen and oxygen atoms in total. The van der Waals surface area contributed by atoms with Crippen molar-refractivity contribution in [1.29, 1.82) is 0 Å². The molecule has 100 valence electrons. The first kappa shape index (κ1) is 13.6. The minimum atomic E-state index is 0.514. The molecule has 18 heavy (non-hydrogen) atoms. The van der Waals surface area contributed by atoms with Gasteiger partial charge in [0.1, 0.15) is 0 Å². The van der Waals surface area contributed by atoms with E-state index in [2.05, 4.69) is 43.4 Å². The second-order valence-electron chi connectivity index (χ2n) is 5.02. The number of fused-ring (bicyclic) bond motifs is 1. The first-order chi connectivity index (χ1) is 8.86. The van der Waals surface area contributed by atoms with Crippen molar-refractivity contribution in [3.8, 4) is 0 Å². The fourth-order valence-electron chi connectivity index (χ4n) is 3.01. The molecule has 0 amide bonds. The first-order valence-electron chi connectivity index (χ1n) is 7.25. The normalized spacial score (nSPS) is 22.8. The van der Waals surface area contributed by atoms with Crippen molar-refractivity contribution in [3.63, 3.8) is 0 Å². The highest BCUT2D eigenvalue weighted by Crippen LogP contribution is 2.36. The summed E-state index contributed by atoms with van der Waals surface area (Å²) >= 11 is 0. The minimum Gasteiger partial charge on any atom is -0.382 e. The van der Waals surface area contributed by atoms with Crippen LogP contribution >= 0.6 is 0 Å². The van der Waals surface area contributed by atoms with Crippen molar-refractivity contribution in [1.82, 2.24) is 5.32 Å². The summed E-state index contributed by atoms with van der Waals surface area (Å²) in [5.74, 6) is 0.714. The van der Waals surface area contributed by atoms with Crippen LogP contribution in [-0.4, -0.2) is 19.8 Å². The van der Waals surface area contributed by atoms with Crippen LogP contribution in [0, 0.1) is 5.92 Å². The van der Waals surface area contributed by atoms with Gasteiger partial charge in [-0.25, -0.2) is 0 Å². The van der Waals surface area contributed by atoms with Gasteiger partial charge in [0.15, 0.2) is 0 Å². The second-order valence-corrected chi connectivity index (χ2v) is 5.02. The Kier molecular flexibility index (Phi) is 5.21. The Bertz CT molecular complexity index is 364. The van der Waals surface area contributed by atoms with E-state index in [9.17, 15) is 0 Å². The highest BCUT2D eigenvalue weighted by atomic mass is 16.5. The Hall–Kier alpha value is -0.860. The van der Waals surface area contributed by atoms with Crippen LogP contribution in [0.2, 0.25) is 0 Å². The van der Waals surface area contributed by atoms with Crippen LogP contribution in [0.1, 0.15) is 43.9 Å². The van der Waals surface area contributed by atoms with Crippen molar-refractivity contribution in [2.45, 2.75) is 39.2 Å². The Morgan fingerprint density at radius 1 is 1.28 bits per heavy atom. The van der Waals surface area contributed by atoms with Crippen molar-refractivity contribution in [2.75, 3.05) is 19.8 Å². The van der Waals surface area contributed by atoms with Gasteiger partial charge in [-0.3, -0.25) is 0 Å². The van der Waals surface area contributed by atoms with E-state index in [-0.39, 0.29) is 0 Å². The first-order valence-corrected chi connectivity index (χ1v) is 7.25. The van der Waals surface area contributed by atoms with Crippen molar-refractivity contribution in [2.24, 2.45) is 5.92 Å². The van der Waals surface area contributed by atoms with E-state index in [1.165, 1.54) is 30.4 Å². The summed E-state index contributed by atoms with van der Waals surface area (Å²) in [6, 6.07) is 9.39. The van der Waals surface area contributed by atoms with Gasteiger partial charge < -0.3 is 10.1 Å². The lowest BCUT2D eigenvalue weighted by molar-refractivity contribution is 0.121. The number of ether oxygens (including phenoxy) is 1. The maximum absolute atomic E-state index is 5.52. The molecule has 0 spiro atoms. The topological polar surface area (TPSA) is 21.3 Å². The van der Waals surface area contributed by atoms with Crippen LogP contribution < -0.4 is 5.32 Å². The maximum atomic E-state index is 5.52. The lowest BCUT2D eigenvalue weighted by Gasteiger charge is -2.34. The SMILES string of the molecule is CCNC1c2ccccc2CCC1CCOCC. The van der Waals surface area contributed by atoms with Gasteiger partial charge in [0, 0.05) is 19.3 Å². The monoisotopic (exact) mass is 247 g/mol. The number of hydrogen-bond donors (Lipinski definition) is 1. The largest absolute Gasteiger partial charge is 0.382 e. The van der Waals surface area contributed by atoms with Gasteiger partial charge in [-0.05, 0) is 49.8 Å². The van der Waals surface area contributed by atoms with E-state index in [1.54, 1.807) is 0 Å². The summed E-state index contributed by atoms with van der Waals surface area (Å²) < 4.78 is 5.52. The van der Waals surface area contributed by atoms with Crippen molar-refractivity contribution >= 4 is 0 Å². The molecule has 0 bridgehead atoms. The van der Waals surface area contributed by atoms with Crippen molar-refractivity contribution < 1.29 is 4.74 Å². The third kappa shape index (κ3) is 3.12. The van der Waals surface area contributed by atoms with Crippen molar-refractivity contribution in [3.05, 3.63) is 35.4 Å². The molecule has 0 saturated heterocycles. The average Bonchev–Trinajstić information content (AvgIpc) is 2.41. The molecule has 0 fully saturated rings. The molecular formula is C16H25NO. The molecule has 1 aliphatic carbocycles. The molecule has 2 heteroatoms. The standard InChI is InChI=1S/C16H25NO/c1-3-17-16-14(11-12-18-4-2)10-9-13-7-5-6-8-15(13)16/h5-8,14,16-17H,3-4,9-12H2,1-2H3. The fourth-order valence-corrected chi connectivity index (χ4v) is 3.01. The molecular weight excluding hydrogens is 222 g/mol. The summed E-state index contributed by atoms with van der Waals surface area (Å²) in [5.41, 5.74) is 3.03. The van der Waals surface area contributed by atoms with Gasteiger partial charge in [0.25, 0.3) is 0 Å². The molecule has 2 rings (SSSR count). The maximum Gasteiger partial charge on any atom is 0.0469 e. The highest BCUT2D eigenvalue weighted by molar-refractivity contribution is 5.33. The molecule has 1 N–H and O–H groups in total. The third-order valence-electron chi connectivity index (χ3n) is 3.91. The molecule has 0 saturated carbocycles. The zero-order valence-corrected chi connectivity index (χ0v) is 11.6. The lowest BCUT2D eigenvalue weighted by Crippen LogP contribution is -2.33. The zero-order valence-electron chi connectivity index (χ0n) is 11.6. The minimum absolute atomic E-state index is 0.514. The molecule has 0 aliphatic heterocycles. The Balaban J connectivity index is 2.08. The number of benzene rings is 1. The fraction of sp³-hybridized carbons (Fsp3) is 0.625. The molecule has 0 radical (unpaired) electrons. The summed E-state index contributed by atoms with van der Waals surface area (Å²) in [6.45, 7) is 7.01. The third-order valence-corrected chi connectivity index (χ3v) is 3.91. The molecule has 1 aromatic carbocycles. The van der Waals surface area contributed by atoms with E-state index in [0.717, 1.165) is 19.8 Å². The van der Waals surface area contributed by atoms with E-state index in [4.69, 9.17) is 4.74 Å². The van der Waals surface area contributed by atoms with E-state index < -0.39 is 0 Å². The van der Waals surface area contributed by atoms with Crippen LogP contribution in [0.4, 0.5) is 0 Å². The Morgan fingerprint density at radius 2 is 2.11 bits per heavy atom. The van der Waals surface area contributed by atoms with E-state index in [0.29, 0.717) is 12.0 Å². The van der Waals surface area contributed by atoms with Gasteiger partial charge >= 0.3 is 0 Å². The lowest BCUT2D eigenvalue weighted by atomic mass is 9.78. The van der Waals surface area contributed by atoms with E-state index >= 15 is 0 Å². The molecule has 1 aliphatic rings. The summed E-state index contributed by atoms with van der Waals surface area (Å²) in [6.07, 6.45) is 3.66. The summed E-state index contributed by atoms with van der Waals surface area (Å²) in [4.78, 5) is 0. The predicted octanol–water partition coefficient (Wildman–Crippen LogP) is 3.33. The zero-order chi connectivity index (χ0) is 12.8. The smallest absolute Gasteiger partial charge is 0.0469 e. The molecule has 1 aromatic rings. The Morgan fingerprint density at radius 3 is 2.89 bits per heavy atom. The number of hydrogen-bond acceptors (Lipinski definition) is 2. The van der Waals surface area contributed by atoms with Crippen LogP contribution in [0.3, 0.4) is 0 Å². The van der Waals surface area contributed by atoms with Gasteiger partial charge in [0.2, 0.25) is 0 Å². The van der Waals surface area contributed by atoms with Crippen LogP contribution in [0.5, 0.6) is 0 Å². The van der Waals surface area contributed by atoms with Gasteiger partial charge in [-0.1, -0.05) is 31.2 Å². The second kappa shape index (κ2) is 6.91. The molecule has 0 heterocycles. The number of rotatable bonds is 6. The van der Waals surface area contributed by atoms with Gasteiger partial charge in [-0.2, -0.15) is 0 Å². The number of nitrogens with one attached hydrogen (secondary N) is 1. The predicted molar refractivity (Wildman–Crippen MR) is 75.8 cm³/mol. The van der Waals surface area contributed by atoms with Gasteiger partial charge in [0.05, 0.1) is 0 Å². The molecule has 2 unspecified atom stereocenters. The van der Waals surface area contributed by atoms with Crippen LogP contribution in [0.25, 0.3) is 0 Å². The average molecular weight is 247 g/mol. The van der Waals surface area contributed by atoms with Crippen LogP contribution in [0.15, 0.2) is 24.3 Å². The Labute approximate surface area is 111 Å². The highest BCUT2D eigenvalue weighted by Gasteiger charge is 2.28. The summed E-state index contributed by atoms with van der Waals surface area (Å²) in [7, 11) is 0. The van der Waals surface area contributed by atoms with Crippen LogP contribution in [-0.2, 0) is 11.2 Å².